The van der Waals surface area contributed by atoms with Gasteiger partial charge in [-0.2, -0.15) is 0 Å². The smallest absolute Gasteiger partial charge is 0.315 e. The number of aryl methyl sites for hydroxylation is 2. The first-order valence-corrected chi connectivity index (χ1v) is 6.58. The first kappa shape index (κ1) is 13.1. The van der Waals surface area contributed by atoms with Crippen LogP contribution in [-0.2, 0) is 15.3 Å². The maximum absolute atomic E-state index is 11.1. The van der Waals surface area contributed by atoms with Crippen molar-refractivity contribution in [3.05, 3.63) is 34.9 Å². The fourth-order valence-electron chi connectivity index (χ4n) is 1.40. The maximum atomic E-state index is 11.1. The Morgan fingerprint density at radius 3 is 2.81 bits per heavy atom. The lowest BCUT2D eigenvalue weighted by molar-refractivity contribution is -0.139. The summed E-state index contributed by atoms with van der Waals surface area (Å²) in [6.07, 6.45) is 0. The molecule has 0 aliphatic carbocycles. The Morgan fingerprint density at radius 2 is 2.12 bits per heavy atom. The topological polar surface area (TPSA) is 26.3 Å². The van der Waals surface area contributed by atoms with E-state index in [0.29, 0.717) is 12.4 Å². The van der Waals surface area contributed by atoms with Crippen LogP contribution in [0.1, 0.15) is 23.6 Å². The molecule has 0 saturated carbocycles. The quantitative estimate of drug-likeness (QED) is 0.737. The summed E-state index contributed by atoms with van der Waals surface area (Å²) in [6.45, 7) is 6.47. The van der Waals surface area contributed by atoms with Gasteiger partial charge in [-0.1, -0.05) is 23.8 Å². The first-order chi connectivity index (χ1) is 7.63. The molecule has 0 spiro atoms. The normalized spacial score (nSPS) is 10.2. The average molecular weight is 238 g/mol. The molecule has 0 unspecified atom stereocenters. The Kier molecular flexibility index (Phi) is 5.39. The van der Waals surface area contributed by atoms with Crippen molar-refractivity contribution in [2.75, 3.05) is 12.4 Å². The zero-order valence-corrected chi connectivity index (χ0v) is 10.9. The summed E-state index contributed by atoms with van der Waals surface area (Å²) in [5.41, 5.74) is 3.84. The second-order valence-electron chi connectivity index (χ2n) is 3.73. The van der Waals surface area contributed by atoms with Crippen LogP contribution in [0.15, 0.2) is 18.2 Å². The molecular formula is C13H18O2S. The SMILES string of the molecule is CCOC(=O)CSCc1cc(C)ccc1C. The summed E-state index contributed by atoms with van der Waals surface area (Å²) in [6, 6.07) is 6.40. The van der Waals surface area contributed by atoms with E-state index in [9.17, 15) is 4.79 Å². The molecule has 2 nitrogen and oxygen atoms in total. The molecule has 0 saturated heterocycles. The lowest BCUT2D eigenvalue weighted by Crippen LogP contribution is -2.06. The van der Waals surface area contributed by atoms with Gasteiger partial charge in [0.1, 0.15) is 0 Å². The highest BCUT2D eigenvalue weighted by Crippen LogP contribution is 2.17. The molecule has 3 heteroatoms. The summed E-state index contributed by atoms with van der Waals surface area (Å²) in [5.74, 6) is 1.17. The second kappa shape index (κ2) is 6.59. The van der Waals surface area contributed by atoms with Crippen molar-refractivity contribution in [3.8, 4) is 0 Å². The van der Waals surface area contributed by atoms with Crippen molar-refractivity contribution in [1.82, 2.24) is 0 Å². The minimum atomic E-state index is -0.127. The number of carbonyl (C=O) groups excluding carboxylic acids is 1. The molecule has 0 aliphatic rings. The van der Waals surface area contributed by atoms with Crippen LogP contribution in [0.3, 0.4) is 0 Å². The predicted molar refractivity (Wildman–Crippen MR) is 68.7 cm³/mol. The number of rotatable bonds is 5. The number of benzene rings is 1. The average Bonchev–Trinajstić information content (AvgIpc) is 2.23. The molecule has 88 valence electrons. The van der Waals surface area contributed by atoms with Crippen LogP contribution in [0, 0.1) is 13.8 Å². The largest absolute Gasteiger partial charge is 0.465 e. The predicted octanol–water partition coefficient (Wildman–Crippen LogP) is 3.10. The van der Waals surface area contributed by atoms with Gasteiger partial charge in [0.05, 0.1) is 12.4 Å². The fourth-order valence-corrected chi connectivity index (χ4v) is 2.29. The van der Waals surface area contributed by atoms with Crippen LogP contribution < -0.4 is 0 Å². The van der Waals surface area contributed by atoms with Gasteiger partial charge in [-0.3, -0.25) is 4.79 Å². The minimum Gasteiger partial charge on any atom is -0.465 e. The molecule has 0 heterocycles. The third kappa shape index (κ3) is 4.27. The Labute approximate surface area is 101 Å². The number of thioether (sulfide) groups is 1. The van der Waals surface area contributed by atoms with E-state index in [1.807, 2.05) is 6.92 Å². The van der Waals surface area contributed by atoms with E-state index in [0.717, 1.165) is 5.75 Å². The number of carbonyl (C=O) groups is 1. The van der Waals surface area contributed by atoms with Crippen LogP contribution in [0.25, 0.3) is 0 Å². The van der Waals surface area contributed by atoms with Gasteiger partial charge in [0.25, 0.3) is 0 Å². The number of esters is 1. The summed E-state index contributed by atoms with van der Waals surface area (Å²) >= 11 is 1.60. The van der Waals surface area contributed by atoms with Gasteiger partial charge in [0.15, 0.2) is 0 Å². The first-order valence-electron chi connectivity index (χ1n) is 5.43. The molecule has 1 rings (SSSR count). The lowest BCUT2D eigenvalue weighted by Gasteiger charge is -2.06. The van der Waals surface area contributed by atoms with E-state index in [1.165, 1.54) is 16.7 Å². The Bertz CT molecular complexity index is 361. The molecule has 0 aromatic heterocycles. The molecule has 16 heavy (non-hydrogen) atoms. The summed E-state index contributed by atoms with van der Waals surface area (Å²) in [5, 5.41) is 0. The summed E-state index contributed by atoms with van der Waals surface area (Å²) in [7, 11) is 0. The van der Waals surface area contributed by atoms with Crippen LogP contribution in [0.4, 0.5) is 0 Å². The molecule has 0 N–H and O–H groups in total. The van der Waals surface area contributed by atoms with Gasteiger partial charge >= 0.3 is 5.97 Å². The second-order valence-corrected chi connectivity index (χ2v) is 4.71. The molecule has 0 aliphatic heterocycles. The summed E-state index contributed by atoms with van der Waals surface area (Å²) < 4.78 is 4.87. The molecule has 0 fully saturated rings. The highest BCUT2D eigenvalue weighted by atomic mass is 32.2. The van der Waals surface area contributed by atoms with Crippen molar-refractivity contribution in [1.29, 1.82) is 0 Å². The third-order valence-electron chi connectivity index (χ3n) is 2.29. The van der Waals surface area contributed by atoms with E-state index >= 15 is 0 Å². The molecule has 0 atom stereocenters. The van der Waals surface area contributed by atoms with Crippen molar-refractivity contribution in [2.45, 2.75) is 26.5 Å². The maximum Gasteiger partial charge on any atom is 0.315 e. The number of hydrogen-bond acceptors (Lipinski definition) is 3. The fraction of sp³-hybridized carbons (Fsp3) is 0.462. The van der Waals surface area contributed by atoms with E-state index in [2.05, 4.69) is 32.0 Å². The Balaban J connectivity index is 2.42. The van der Waals surface area contributed by atoms with E-state index in [1.54, 1.807) is 11.8 Å². The van der Waals surface area contributed by atoms with Gasteiger partial charge in [-0.25, -0.2) is 0 Å². The standard InChI is InChI=1S/C13H18O2S/c1-4-15-13(14)9-16-8-12-7-10(2)5-6-11(12)3/h5-7H,4,8-9H2,1-3H3. The number of hydrogen-bond donors (Lipinski definition) is 0. The van der Waals surface area contributed by atoms with Gasteiger partial charge in [-0.05, 0) is 31.9 Å². The van der Waals surface area contributed by atoms with Crippen molar-refractivity contribution in [2.24, 2.45) is 0 Å². The van der Waals surface area contributed by atoms with Crippen molar-refractivity contribution >= 4 is 17.7 Å². The van der Waals surface area contributed by atoms with E-state index in [4.69, 9.17) is 4.74 Å². The van der Waals surface area contributed by atoms with Crippen LogP contribution in [0.2, 0.25) is 0 Å². The van der Waals surface area contributed by atoms with E-state index in [-0.39, 0.29) is 5.97 Å². The molecule has 0 bridgehead atoms. The molecular weight excluding hydrogens is 220 g/mol. The van der Waals surface area contributed by atoms with Crippen LogP contribution in [0.5, 0.6) is 0 Å². The highest BCUT2D eigenvalue weighted by Gasteiger charge is 2.03. The van der Waals surface area contributed by atoms with Crippen molar-refractivity contribution in [3.63, 3.8) is 0 Å². The Morgan fingerprint density at radius 1 is 1.38 bits per heavy atom. The Hall–Kier alpha value is -0.960. The zero-order valence-electron chi connectivity index (χ0n) is 10.1. The third-order valence-corrected chi connectivity index (χ3v) is 3.24. The van der Waals surface area contributed by atoms with Gasteiger partial charge < -0.3 is 4.74 Å². The van der Waals surface area contributed by atoms with Gasteiger partial charge in [0.2, 0.25) is 0 Å². The van der Waals surface area contributed by atoms with Crippen LogP contribution in [-0.4, -0.2) is 18.3 Å². The molecule has 0 radical (unpaired) electrons. The van der Waals surface area contributed by atoms with Crippen molar-refractivity contribution < 1.29 is 9.53 Å². The van der Waals surface area contributed by atoms with Gasteiger partial charge in [-0.15, -0.1) is 11.8 Å². The molecule has 1 aromatic rings. The zero-order chi connectivity index (χ0) is 12.0. The van der Waals surface area contributed by atoms with E-state index < -0.39 is 0 Å². The number of ether oxygens (including phenoxy) is 1. The minimum absolute atomic E-state index is 0.127. The highest BCUT2D eigenvalue weighted by molar-refractivity contribution is 7.99. The van der Waals surface area contributed by atoms with Gasteiger partial charge in [0, 0.05) is 5.75 Å². The molecule has 1 aromatic carbocycles. The lowest BCUT2D eigenvalue weighted by atomic mass is 10.1. The summed E-state index contributed by atoms with van der Waals surface area (Å²) in [4.78, 5) is 11.1. The monoisotopic (exact) mass is 238 g/mol. The molecule has 0 amide bonds. The van der Waals surface area contributed by atoms with Crippen LogP contribution >= 0.6 is 11.8 Å².